The zero-order valence-corrected chi connectivity index (χ0v) is 11.5. The third kappa shape index (κ3) is 1.90. The van der Waals surface area contributed by atoms with Crippen molar-refractivity contribution in [3.05, 3.63) is 50.4 Å². The summed E-state index contributed by atoms with van der Waals surface area (Å²) in [6.45, 7) is 0. The van der Waals surface area contributed by atoms with Crippen molar-refractivity contribution in [2.75, 3.05) is 7.11 Å². The van der Waals surface area contributed by atoms with Crippen molar-refractivity contribution >= 4 is 25.4 Å². The molecule has 1 aromatic carbocycles. The van der Waals surface area contributed by atoms with E-state index in [-0.39, 0.29) is 5.43 Å². The Morgan fingerprint density at radius 1 is 1.22 bits per heavy atom. The Morgan fingerprint density at radius 3 is 2.83 bits per heavy atom. The first-order chi connectivity index (χ1) is 8.78. The van der Waals surface area contributed by atoms with Gasteiger partial charge in [-0.05, 0) is 0 Å². The van der Waals surface area contributed by atoms with Gasteiger partial charge in [0.15, 0.2) is 0 Å². The van der Waals surface area contributed by atoms with Crippen LogP contribution in [0.5, 0.6) is 5.75 Å². The molecule has 0 amide bonds. The van der Waals surface area contributed by atoms with Gasteiger partial charge in [-0.25, -0.2) is 0 Å². The average Bonchev–Trinajstić information content (AvgIpc) is 2.92. The Balaban J connectivity index is 2.26. The van der Waals surface area contributed by atoms with Crippen LogP contribution < -0.4 is 10.2 Å². The molecule has 4 heteroatoms. The number of H-pyrrole nitrogens is 1. The van der Waals surface area contributed by atoms with Gasteiger partial charge in [-0.15, -0.1) is 0 Å². The van der Waals surface area contributed by atoms with Gasteiger partial charge in [0, 0.05) is 0 Å². The molecule has 0 aliphatic heterocycles. The molecule has 0 saturated carbocycles. The molecule has 0 unspecified atom stereocenters. The number of ether oxygens (including phenoxy) is 1. The summed E-state index contributed by atoms with van der Waals surface area (Å²) in [4.78, 5) is 19.7. The minimum atomic E-state index is 0.0198. The second-order valence-corrected chi connectivity index (χ2v) is 5.61. The molecule has 0 spiro atoms. The monoisotopic (exact) mass is 305 g/mol. The number of methoxy groups -OCH3 is 1. The van der Waals surface area contributed by atoms with Crippen LogP contribution in [-0.2, 0) is 0 Å². The van der Waals surface area contributed by atoms with E-state index in [4.69, 9.17) is 4.74 Å². The van der Waals surface area contributed by atoms with Crippen LogP contribution >= 0.6 is 0 Å². The predicted molar refractivity (Wildman–Crippen MR) is 73.5 cm³/mol. The fourth-order valence-corrected chi connectivity index (χ4v) is 3.30. The van der Waals surface area contributed by atoms with Crippen LogP contribution in [0, 0.1) is 0 Å². The fourth-order valence-electron chi connectivity index (χ4n) is 1.93. The first-order valence-electron chi connectivity index (χ1n) is 5.51. The van der Waals surface area contributed by atoms with E-state index in [1.807, 2.05) is 12.1 Å². The van der Waals surface area contributed by atoms with Gasteiger partial charge in [-0.3, -0.25) is 0 Å². The first-order valence-corrected chi connectivity index (χ1v) is 7.49. The Labute approximate surface area is 110 Å². The van der Waals surface area contributed by atoms with Gasteiger partial charge in [0.05, 0.1) is 0 Å². The Morgan fingerprint density at radius 2 is 2.11 bits per heavy atom. The number of aromatic nitrogens is 1. The van der Waals surface area contributed by atoms with Gasteiger partial charge >= 0.3 is 110 Å². The topological polar surface area (TPSA) is 42.1 Å². The molecule has 0 saturated heterocycles. The number of hydrogen-bond donors (Lipinski definition) is 1. The summed E-state index contributed by atoms with van der Waals surface area (Å²) in [6.07, 6.45) is 0. The zero-order valence-electron chi connectivity index (χ0n) is 9.77. The summed E-state index contributed by atoms with van der Waals surface area (Å²) in [5, 5.41) is 0.659. The SMILES string of the molecule is COc1ccc2[nH]c(-c3cc[se]c3)cc(=O)c2c1. The van der Waals surface area contributed by atoms with Gasteiger partial charge in [-0.1, -0.05) is 0 Å². The number of aromatic amines is 1. The molecular formula is C14H11NO2Se. The van der Waals surface area contributed by atoms with Crippen LogP contribution in [0.4, 0.5) is 0 Å². The van der Waals surface area contributed by atoms with Crippen LogP contribution in [0.3, 0.4) is 0 Å². The minimum absolute atomic E-state index is 0.0198. The molecule has 0 radical (unpaired) electrons. The van der Waals surface area contributed by atoms with E-state index in [1.54, 1.807) is 19.2 Å². The van der Waals surface area contributed by atoms with E-state index in [1.165, 1.54) is 0 Å². The van der Waals surface area contributed by atoms with Gasteiger partial charge in [-0.2, -0.15) is 0 Å². The Kier molecular flexibility index (Phi) is 2.82. The van der Waals surface area contributed by atoms with Gasteiger partial charge < -0.3 is 0 Å². The molecule has 3 nitrogen and oxygen atoms in total. The normalized spacial score (nSPS) is 10.7. The molecule has 0 aliphatic rings. The van der Waals surface area contributed by atoms with Crippen molar-refractivity contribution < 1.29 is 4.74 Å². The summed E-state index contributed by atoms with van der Waals surface area (Å²) in [5.41, 5.74) is 2.84. The van der Waals surface area contributed by atoms with Crippen LogP contribution in [0.1, 0.15) is 0 Å². The van der Waals surface area contributed by atoms with E-state index in [9.17, 15) is 4.79 Å². The van der Waals surface area contributed by atoms with Crippen molar-refractivity contribution in [2.45, 2.75) is 0 Å². The summed E-state index contributed by atoms with van der Waals surface area (Å²) in [5.74, 6) is 0.698. The number of rotatable bonds is 2. The van der Waals surface area contributed by atoms with Crippen LogP contribution in [0.25, 0.3) is 22.2 Å². The molecule has 2 aromatic heterocycles. The summed E-state index contributed by atoms with van der Waals surface area (Å²) >= 11 is 0.418. The van der Waals surface area contributed by atoms with Crippen LogP contribution in [0.2, 0.25) is 0 Å². The number of hydrogen-bond acceptors (Lipinski definition) is 2. The van der Waals surface area contributed by atoms with Gasteiger partial charge in [0.25, 0.3) is 0 Å². The number of pyridine rings is 1. The first kappa shape index (κ1) is 11.3. The second-order valence-electron chi connectivity index (χ2n) is 3.97. The van der Waals surface area contributed by atoms with Crippen molar-refractivity contribution in [1.82, 2.24) is 4.98 Å². The number of benzene rings is 1. The van der Waals surface area contributed by atoms with E-state index < -0.39 is 0 Å². The summed E-state index contributed by atoms with van der Waals surface area (Å²) in [6, 6.07) is 9.20. The number of fused-ring (bicyclic) bond motifs is 1. The summed E-state index contributed by atoms with van der Waals surface area (Å²) < 4.78 is 5.13. The predicted octanol–water partition coefficient (Wildman–Crippen LogP) is 2.26. The Hall–Kier alpha value is -1.77. The van der Waals surface area contributed by atoms with E-state index >= 15 is 0 Å². The van der Waals surface area contributed by atoms with E-state index in [0.717, 1.165) is 16.8 Å². The van der Waals surface area contributed by atoms with E-state index in [2.05, 4.69) is 20.9 Å². The molecule has 18 heavy (non-hydrogen) atoms. The molecule has 90 valence electrons. The molecule has 0 fully saturated rings. The van der Waals surface area contributed by atoms with Gasteiger partial charge in [0.1, 0.15) is 0 Å². The third-order valence-corrected chi connectivity index (χ3v) is 4.30. The van der Waals surface area contributed by atoms with Crippen molar-refractivity contribution in [3.63, 3.8) is 0 Å². The summed E-state index contributed by atoms with van der Waals surface area (Å²) in [7, 11) is 1.60. The van der Waals surface area contributed by atoms with Crippen molar-refractivity contribution in [1.29, 1.82) is 0 Å². The van der Waals surface area contributed by atoms with Crippen molar-refractivity contribution in [3.8, 4) is 17.0 Å². The van der Waals surface area contributed by atoms with Crippen LogP contribution in [-0.4, -0.2) is 26.6 Å². The third-order valence-electron chi connectivity index (χ3n) is 2.87. The molecule has 3 rings (SSSR count). The quantitative estimate of drug-likeness (QED) is 0.738. The number of nitrogens with one attached hydrogen (secondary N) is 1. The standard InChI is InChI=1S/C14H11NO2Se/c1-17-10-2-3-12-11(6-10)14(16)7-13(15-12)9-4-5-18-8-9/h2-8H,1H3,(H,15,16). The second kappa shape index (κ2) is 4.48. The zero-order chi connectivity index (χ0) is 12.5. The van der Waals surface area contributed by atoms with Crippen molar-refractivity contribution in [2.24, 2.45) is 0 Å². The van der Waals surface area contributed by atoms with Gasteiger partial charge in [0.2, 0.25) is 0 Å². The fraction of sp³-hybridized carbons (Fsp3) is 0.0714. The molecule has 0 bridgehead atoms. The Bertz CT molecular complexity index is 744. The average molecular weight is 304 g/mol. The van der Waals surface area contributed by atoms with E-state index in [0.29, 0.717) is 25.6 Å². The van der Waals surface area contributed by atoms with Crippen LogP contribution in [0.15, 0.2) is 45.0 Å². The molecule has 2 heterocycles. The molecule has 0 atom stereocenters. The maximum absolute atomic E-state index is 12.1. The molecule has 1 N–H and O–H groups in total. The maximum atomic E-state index is 12.1. The molecular weight excluding hydrogens is 293 g/mol. The molecule has 3 aromatic rings. The molecule has 0 aliphatic carbocycles.